The van der Waals surface area contributed by atoms with Crippen molar-refractivity contribution >= 4 is 42.2 Å². The van der Waals surface area contributed by atoms with Gasteiger partial charge in [-0.1, -0.05) is 6.92 Å². The predicted octanol–water partition coefficient (Wildman–Crippen LogP) is -2.82. The van der Waals surface area contributed by atoms with Crippen LogP contribution in [0.2, 0.25) is 0 Å². The van der Waals surface area contributed by atoms with Crippen molar-refractivity contribution < 1.29 is 29.6 Å². The van der Waals surface area contributed by atoms with Crippen LogP contribution in [-0.4, -0.2) is 35.3 Å². The summed E-state index contributed by atoms with van der Waals surface area (Å²) in [6.45, 7) is 1.94. The largest absolute Gasteiger partial charge is 1.00 e. The first-order chi connectivity index (χ1) is 1.41. The van der Waals surface area contributed by atoms with Gasteiger partial charge in [0.05, 0.1) is 0 Å². The predicted molar refractivity (Wildman–Crippen MR) is 23.7 cm³/mol. The zero-order valence-electron chi connectivity index (χ0n) is 4.12. The zero-order valence-corrected chi connectivity index (χ0v) is 8.93. The van der Waals surface area contributed by atoms with Crippen LogP contribution in [0, 0.1) is 0 Å². The normalized spacial score (nSPS) is 3.60. The molecule has 5 heavy (non-hydrogen) atoms. The molecular formula is C2H5Na2S. The van der Waals surface area contributed by atoms with Gasteiger partial charge in [-0.2, -0.15) is 5.75 Å². The van der Waals surface area contributed by atoms with Crippen LogP contribution in [0.3, 0.4) is 0 Å². The average molecular weight is 107 g/mol. The minimum atomic E-state index is 0. The quantitative estimate of drug-likeness (QED) is 0.238. The standard InChI is InChI=1S/C2H6S.2Na/c1-2-3;;/h3H,2H2,1H3;;/q;;+1/p-1. The van der Waals surface area contributed by atoms with Gasteiger partial charge in [0.25, 0.3) is 0 Å². The zero-order chi connectivity index (χ0) is 2.71. The van der Waals surface area contributed by atoms with Crippen LogP contribution in [0.4, 0.5) is 0 Å². The van der Waals surface area contributed by atoms with Crippen LogP contribution in [0.5, 0.6) is 0 Å². The first-order valence-electron chi connectivity index (χ1n) is 0.996. The van der Waals surface area contributed by atoms with E-state index in [-0.39, 0.29) is 59.1 Å². The van der Waals surface area contributed by atoms with E-state index in [1.54, 1.807) is 0 Å². The maximum absolute atomic E-state index is 4.39. The fraction of sp³-hybridized carbons (Fsp3) is 1.00. The van der Waals surface area contributed by atoms with Gasteiger partial charge in [0, 0.05) is 29.6 Å². The third-order valence-electron chi connectivity index (χ3n) is 0. The summed E-state index contributed by atoms with van der Waals surface area (Å²) in [7, 11) is 0. The molecule has 1 radical (unpaired) electrons. The van der Waals surface area contributed by atoms with Crippen molar-refractivity contribution in [3.05, 3.63) is 0 Å². The van der Waals surface area contributed by atoms with E-state index in [9.17, 15) is 0 Å². The Labute approximate surface area is 83.1 Å². The maximum Gasteiger partial charge on any atom is 1.00 e. The molecule has 0 saturated carbocycles. The number of hydrogen-bond donors (Lipinski definition) is 0. The molecule has 0 aliphatic heterocycles. The van der Waals surface area contributed by atoms with E-state index in [1.807, 2.05) is 6.92 Å². The molecule has 0 aromatic carbocycles. The van der Waals surface area contributed by atoms with E-state index >= 15 is 0 Å². The maximum atomic E-state index is 4.39. The summed E-state index contributed by atoms with van der Waals surface area (Å²) in [6, 6.07) is 0. The summed E-state index contributed by atoms with van der Waals surface area (Å²) >= 11 is 4.39. The van der Waals surface area contributed by atoms with Crippen molar-refractivity contribution in [1.82, 2.24) is 0 Å². The molecule has 0 aliphatic rings. The second-order valence-electron chi connectivity index (χ2n) is 0.289. The van der Waals surface area contributed by atoms with Gasteiger partial charge in [0.2, 0.25) is 0 Å². The van der Waals surface area contributed by atoms with E-state index in [0.29, 0.717) is 0 Å². The van der Waals surface area contributed by atoms with E-state index in [4.69, 9.17) is 0 Å². The van der Waals surface area contributed by atoms with Crippen molar-refractivity contribution in [1.29, 1.82) is 0 Å². The van der Waals surface area contributed by atoms with Crippen LogP contribution in [-0.2, 0) is 12.6 Å². The SMILES string of the molecule is CC[S-].[Na+].[Na]. The van der Waals surface area contributed by atoms with Crippen LogP contribution >= 0.6 is 0 Å². The van der Waals surface area contributed by atoms with Crippen LogP contribution in [0.1, 0.15) is 6.92 Å². The molecule has 0 bridgehead atoms. The Kier molecular flexibility index (Phi) is 50.7. The Balaban J connectivity index is -0.0000000200. The van der Waals surface area contributed by atoms with Gasteiger partial charge in [-0.05, 0) is 0 Å². The summed E-state index contributed by atoms with van der Waals surface area (Å²) in [4.78, 5) is 0. The van der Waals surface area contributed by atoms with Gasteiger partial charge in [-0.3, -0.25) is 0 Å². The molecule has 0 nitrogen and oxygen atoms in total. The van der Waals surface area contributed by atoms with E-state index < -0.39 is 0 Å². The van der Waals surface area contributed by atoms with E-state index in [2.05, 4.69) is 12.6 Å². The summed E-state index contributed by atoms with van der Waals surface area (Å²) < 4.78 is 0. The first kappa shape index (κ1) is 15.7. The first-order valence-corrected chi connectivity index (χ1v) is 1.57. The van der Waals surface area contributed by atoms with Crippen molar-refractivity contribution in [2.45, 2.75) is 6.92 Å². The van der Waals surface area contributed by atoms with Crippen molar-refractivity contribution in [3.8, 4) is 0 Å². The molecule has 0 aliphatic carbocycles. The molecule has 0 unspecified atom stereocenters. The Bertz CT molecular complexity index is 7.61. The van der Waals surface area contributed by atoms with Gasteiger partial charge < -0.3 is 12.6 Å². The van der Waals surface area contributed by atoms with Crippen LogP contribution in [0.25, 0.3) is 0 Å². The molecule has 0 amide bonds. The molecule has 0 N–H and O–H groups in total. The average Bonchev–Trinajstić information content (AvgIpc) is 0.918. The smallest absolute Gasteiger partial charge is 0.793 e. The van der Waals surface area contributed by atoms with Gasteiger partial charge in [0.15, 0.2) is 0 Å². The number of hydrogen-bond acceptors (Lipinski definition) is 1. The molecule has 3 heteroatoms. The number of rotatable bonds is 0. The Morgan fingerprint density at radius 2 is 1.60 bits per heavy atom. The molecule has 0 aromatic heterocycles. The second-order valence-corrected chi connectivity index (χ2v) is 0.866. The summed E-state index contributed by atoms with van der Waals surface area (Å²) in [6.07, 6.45) is 0. The molecule has 0 saturated heterocycles. The van der Waals surface area contributed by atoms with Crippen molar-refractivity contribution in [2.24, 2.45) is 0 Å². The van der Waals surface area contributed by atoms with Gasteiger partial charge in [0.1, 0.15) is 0 Å². The molecule has 0 spiro atoms. The molecule has 0 aromatic rings. The fourth-order valence-electron chi connectivity index (χ4n) is 0. The Morgan fingerprint density at radius 3 is 1.60 bits per heavy atom. The molecule has 21 valence electrons. The van der Waals surface area contributed by atoms with Crippen LogP contribution < -0.4 is 29.6 Å². The van der Waals surface area contributed by atoms with Crippen molar-refractivity contribution in [3.63, 3.8) is 0 Å². The molecule has 0 fully saturated rings. The Morgan fingerprint density at radius 1 is 1.60 bits per heavy atom. The minimum Gasteiger partial charge on any atom is -0.793 e. The van der Waals surface area contributed by atoms with Gasteiger partial charge in [-0.25, -0.2) is 0 Å². The fourth-order valence-corrected chi connectivity index (χ4v) is 0. The summed E-state index contributed by atoms with van der Waals surface area (Å²) in [5.41, 5.74) is 0. The third kappa shape index (κ3) is 21.8. The van der Waals surface area contributed by atoms with Gasteiger partial charge in [-0.15, -0.1) is 0 Å². The molecule has 0 rings (SSSR count). The topological polar surface area (TPSA) is 0 Å². The van der Waals surface area contributed by atoms with Gasteiger partial charge >= 0.3 is 29.6 Å². The van der Waals surface area contributed by atoms with E-state index in [0.717, 1.165) is 5.75 Å². The summed E-state index contributed by atoms with van der Waals surface area (Å²) in [5, 5.41) is 0. The minimum absolute atomic E-state index is 0. The summed E-state index contributed by atoms with van der Waals surface area (Å²) in [5.74, 6) is 0.833. The molecule has 0 heterocycles. The van der Waals surface area contributed by atoms with E-state index in [1.165, 1.54) is 0 Å². The third-order valence-corrected chi connectivity index (χ3v) is 0. The Hall–Kier alpha value is 2.35. The monoisotopic (exact) mass is 107 g/mol. The van der Waals surface area contributed by atoms with Crippen molar-refractivity contribution in [2.75, 3.05) is 5.75 Å². The second kappa shape index (κ2) is 16.2. The van der Waals surface area contributed by atoms with Crippen LogP contribution in [0.15, 0.2) is 0 Å². The molecule has 0 atom stereocenters. The molecular weight excluding hydrogens is 102 g/mol.